The molecule has 0 aromatic heterocycles. The zero-order valence-corrected chi connectivity index (χ0v) is 12.0. The van der Waals surface area contributed by atoms with Gasteiger partial charge in [-0.1, -0.05) is 12.2 Å². The van der Waals surface area contributed by atoms with Crippen LogP contribution in [0, 0.1) is 23.1 Å². The van der Waals surface area contributed by atoms with E-state index in [0.29, 0.717) is 6.42 Å². The molecule has 0 amide bonds. The minimum Gasteiger partial charge on any atom is -0.396 e. The minimum absolute atomic E-state index is 0.0342. The van der Waals surface area contributed by atoms with E-state index in [1.54, 1.807) is 12.2 Å². The molecule has 0 aliphatic heterocycles. The van der Waals surface area contributed by atoms with Crippen molar-refractivity contribution in [2.75, 3.05) is 6.61 Å². The molecule has 112 valence electrons. The van der Waals surface area contributed by atoms with Crippen molar-refractivity contribution < 1.29 is 17.9 Å². The second-order valence-electron chi connectivity index (χ2n) is 4.96. The molecule has 2 atom stereocenters. The fourth-order valence-corrected chi connectivity index (χ4v) is 3.58. The average molecular weight is 310 g/mol. The Morgan fingerprint density at radius 3 is 2.81 bits per heavy atom. The van der Waals surface area contributed by atoms with Crippen LogP contribution in [-0.2, 0) is 15.8 Å². The fourth-order valence-electron chi connectivity index (χ4n) is 2.23. The van der Waals surface area contributed by atoms with Crippen LogP contribution in [0.2, 0.25) is 0 Å². The van der Waals surface area contributed by atoms with E-state index in [1.807, 2.05) is 6.07 Å². The van der Waals surface area contributed by atoms with Gasteiger partial charge in [-0.25, -0.2) is 17.5 Å². The monoisotopic (exact) mass is 310 g/mol. The van der Waals surface area contributed by atoms with Gasteiger partial charge in [-0.2, -0.15) is 5.26 Å². The van der Waals surface area contributed by atoms with Crippen molar-refractivity contribution in [2.45, 2.75) is 18.2 Å². The first-order chi connectivity index (χ1) is 9.93. The lowest BCUT2D eigenvalue weighted by Crippen LogP contribution is -2.34. The maximum Gasteiger partial charge on any atom is 0.216 e. The van der Waals surface area contributed by atoms with Gasteiger partial charge in [-0.05, 0) is 24.6 Å². The van der Waals surface area contributed by atoms with Crippen LogP contribution >= 0.6 is 0 Å². The quantitative estimate of drug-likeness (QED) is 0.796. The van der Waals surface area contributed by atoms with Crippen LogP contribution in [0.3, 0.4) is 0 Å². The molecule has 0 heterocycles. The van der Waals surface area contributed by atoms with Crippen LogP contribution in [0.4, 0.5) is 4.39 Å². The largest absolute Gasteiger partial charge is 0.396 e. The van der Waals surface area contributed by atoms with Gasteiger partial charge in [0.05, 0.1) is 17.4 Å². The lowest BCUT2D eigenvalue weighted by atomic mass is 10.1. The van der Waals surface area contributed by atoms with Crippen LogP contribution in [0.25, 0.3) is 0 Å². The number of nitriles is 1. The highest BCUT2D eigenvalue weighted by molar-refractivity contribution is 7.88. The summed E-state index contributed by atoms with van der Waals surface area (Å²) >= 11 is 0. The summed E-state index contributed by atoms with van der Waals surface area (Å²) in [6.45, 7) is -0.0342. The Kier molecular flexibility index (Phi) is 4.73. The van der Waals surface area contributed by atoms with Gasteiger partial charge >= 0.3 is 0 Å². The van der Waals surface area contributed by atoms with Crippen molar-refractivity contribution in [1.82, 2.24) is 4.72 Å². The molecular weight excluding hydrogens is 295 g/mol. The van der Waals surface area contributed by atoms with E-state index in [1.165, 1.54) is 12.1 Å². The van der Waals surface area contributed by atoms with Gasteiger partial charge in [0.15, 0.2) is 0 Å². The van der Waals surface area contributed by atoms with Crippen molar-refractivity contribution >= 4 is 10.0 Å². The van der Waals surface area contributed by atoms with Crippen LogP contribution in [0.15, 0.2) is 30.4 Å². The van der Waals surface area contributed by atoms with Crippen molar-refractivity contribution in [1.29, 1.82) is 5.26 Å². The highest BCUT2D eigenvalue weighted by Crippen LogP contribution is 2.19. The molecule has 1 aliphatic carbocycles. The molecule has 21 heavy (non-hydrogen) atoms. The molecule has 0 radical (unpaired) electrons. The van der Waals surface area contributed by atoms with E-state index in [0.717, 1.165) is 6.07 Å². The molecule has 0 saturated heterocycles. The maximum atomic E-state index is 13.6. The summed E-state index contributed by atoms with van der Waals surface area (Å²) in [4.78, 5) is 0. The first-order valence-electron chi connectivity index (χ1n) is 6.41. The third-order valence-electron chi connectivity index (χ3n) is 3.26. The van der Waals surface area contributed by atoms with Gasteiger partial charge in [0, 0.05) is 24.1 Å². The predicted octanol–water partition coefficient (Wildman–Crippen LogP) is 1.05. The normalized spacial score (nSPS) is 21.4. The Bertz CT molecular complexity index is 695. The molecule has 2 N–H and O–H groups in total. The van der Waals surface area contributed by atoms with Crippen molar-refractivity contribution in [3.63, 3.8) is 0 Å². The summed E-state index contributed by atoms with van der Waals surface area (Å²) in [5, 5.41) is 17.8. The number of aliphatic hydroxyl groups is 1. The summed E-state index contributed by atoms with van der Waals surface area (Å²) in [5.74, 6) is -1.24. The molecule has 1 aromatic carbocycles. The molecule has 0 fully saturated rings. The zero-order chi connectivity index (χ0) is 15.5. The summed E-state index contributed by atoms with van der Waals surface area (Å²) in [6, 6.07) is 5.06. The summed E-state index contributed by atoms with van der Waals surface area (Å²) < 4.78 is 40.2. The minimum atomic E-state index is -3.73. The number of nitrogens with one attached hydrogen (secondary N) is 1. The fraction of sp³-hybridized carbons (Fsp3) is 0.357. The Balaban J connectivity index is 2.08. The molecule has 0 saturated carbocycles. The molecule has 5 nitrogen and oxygen atoms in total. The highest BCUT2D eigenvalue weighted by atomic mass is 32.2. The number of aliphatic hydroxyl groups excluding tert-OH is 1. The van der Waals surface area contributed by atoms with Gasteiger partial charge in [0.1, 0.15) is 5.82 Å². The predicted molar refractivity (Wildman–Crippen MR) is 75.0 cm³/mol. The van der Waals surface area contributed by atoms with Gasteiger partial charge in [-0.15, -0.1) is 0 Å². The second kappa shape index (κ2) is 6.35. The topological polar surface area (TPSA) is 90.2 Å². The van der Waals surface area contributed by atoms with Crippen LogP contribution in [-0.4, -0.2) is 26.2 Å². The molecule has 7 heteroatoms. The number of rotatable bonds is 5. The first kappa shape index (κ1) is 15.6. The molecule has 1 aromatic rings. The maximum absolute atomic E-state index is 13.6. The van der Waals surface area contributed by atoms with E-state index < -0.39 is 27.6 Å². The number of benzene rings is 1. The van der Waals surface area contributed by atoms with Crippen LogP contribution in [0.5, 0.6) is 0 Å². The lowest BCUT2D eigenvalue weighted by Gasteiger charge is -2.13. The van der Waals surface area contributed by atoms with E-state index in [-0.39, 0.29) is 23.7 Å². The van der Waals surface area contributed by atoms with Gasteiger partial charge in [0.2, 0.25) is 10.0 Å². The average Bonchev–Trinajstić information content (AvgIpc) is 2.87. The SMILES string of the molecule is N#Cc1ccc(F)c(CS(=O)(=O)N[C@@H]2C=C[C@H](CO)C2)c1. The first-order valence-corrected chi connectivity index (χ1v) is 8.06. The highest BCUT2D eigenvalue weighted by Gasteiger charge is 2.24. The van der Waals surface area contributed by atoms with Gasteiger partial charge < -0.3 is 5.11 Å². The van der Waals surface area contributed by atoms with Crippen LogP contribution < -0.4 is 4.72 Å². The smallest absolute Gasteiger partial charge is 0.216 e. The van der Waals surface area contributed by atoms with Gasteiger partial charge in [0.25, 0.3) is 0 Å². The number of halogens is 1. The van der Waals surface area contributed by atoms with Gasteiger partial charge in [-0.3, -0.25) is 0 Å². The van der Waals surface area contributed by atoms with Crippen molar-refractivity contribution in [3.8, 4) is 6.07 Å². The van der Waals surface area contributed by atoms with E-state index in [4.69, 9.17) is 10.4 Å². The second-order valence-corrected chi connectivity index (χ2v) is 6.72. The summed E-state index contributed by atoms with van der Waals surface area (Å²) in [5.41, 5.74) is 0.171. The zero-order valence-electron chi connectivity index (χ0n) is 11.2. The number of hydrogen-bond donors (Lipinski definition) is 2. The van der Waals surface area contributed by atoms with E-state index in [2.05, 4.69) is 4.72 Å². The summed E-state index contributed by atoms with van der Waals surface area (Å²) in [6.07, 6.45) is 3.92. The molecule has 2 rings (SSSR count). The van der Waals surface area contributed by atoms with Crippen molar-refractivity contribution in [3.05, 3.63) is 47.3 Å². The van der Waals surface area contributed by atoms with Crippen molar-refractivity contribution in [2.24, 2.45) is 5.92 Å². The third-order valence-corrected chi connectivity index (χ3v) is 4.61. The molecule has 0 spiro atoms. The Hall–Kier alpha value is -1.75. The Morgan fingerprint density at radius 1 is 1.43 bits per heavy atom. The standard InChI is InChI=1S/C14H15FN2O3S/c15-14-4-2-10(7-16)5-12(14)9-21(19,20)17-13-3-1-11(6-13)8-18/h1-5,11,13,17-18H,6,8-9H2/t11-,13+/m0/s1. The number of sulfonamides is 1. The third kappa shape index (κ3) is 4.11. The Morgan fingerprint density at radius 2 is 2.19 bits per heavy atom. The van der Waals surface area contributed by atoms with E-state index >= 15 is 0 Å². The summed E-state index contributed by atoms with van der Waals surface area (Å²) in [7, 11) is -3.73. The molecular formula is C14H15FN2O3S. The molecule has 1 aliphatic rings. The van der Waals surface area contributed by atoms with Crippen LogP contribution in [0.1, 0.15) is 17.5 Å². The number of hydrogen-bond acceptors (Lipinski definition) is 4. The van der Waals surface area contributed by atoms with E-state index in [9.17, 15) is 12.8 Å². The number of nitrogens with zero attached hydrogens (tertiary/aromatic N) is 1. The Labute approximate surface area is 122 Å². The molecule has 0 unspecified atom stereocenters. The molecule has 0 bridgehead atoms. The lowest BCUT2D eigenvalue weighted by molar-refractivity contribution is 0.248.